The normalized spacial score (nSPS) is 12.5. The maximum Gasteiger partial charge on any atom is 0.417 e. The van der Waals surface area contributed by atoms with Crippen molar-refractivity contribution in [3.8, 4) is 0 Å². The highest BCUT2D eigenvalue weighted by Gasteiger charge is 2.33. The van der Waals surface area contributed by atoms with Crippen molar-refractivity contribution in [2.75, 3.05) is 0 Å². The van der Waals surface area contributed by atoms with Gasteiger partial charge in [-0.3, -0.25) is 0 Å². The van der Waals surface area contributed by atoms with E-state index in [0.29, 0.717) is 5.39 Å². The molecule has 0 radical (unpaired) electrons. The number of alkyl halides is 3. The average Bonchev–Trinajstić information content (AvgIpc) is 2.59. The minimum absolute atomic E-state index is 0.0700. The van der Waals surface area contributed by atoms with Crippen LogP contribution in [0.4, 0.5) is 13.2 Å². The summed E-state index contributed by atoms with van der Waals surface area (Å²) >= 11 is 5.57. The Bertz CT molecular complexity index is 1060. The monoisotopic (exact) mass is 399 g/mol. The molecule has 0 fully saturated rings. The van der Waals surface area contributed by atoms with E-state index in [1.165, 1.54) is 12.1 Å². The third-order valence-electron chi connectivity index (χ3n) is 3.84. The zero-order valence-electron chi connectivity index (χ0n) is 13.2. The van der Waals surface area contributed by atoms with E-state index < -0.39 is 26.8 Å². The molecule has 0 bridgehead atoms. The summed E-state index contributed by atoms with van der Waals surface area (Å²) in [6.07, 6.45) is -4.61. The van der Waals surface area contributed by atoms with Gasteiger partial charge in [0.2, 0.25) is 10.0 Å². The predicted octanol–water partition coefficient (Wildman–Crippen LogP) is 4.99. The second-order valence-corrected chi connectivity index (χ2v) is 7.76. The minimum atomic E-state index is -4.61. The fraction of sp³-hybridized carbons (Fsp3) is 0.111. The second kappa shape index (κ2) is 6.90. The molecular weight excluding hydrogens is 387 g/mol. The van der Waals surface area contributed by atoms with Gasteiger partial charge in [0.05, 0.1) is 15.5 Å². The van der Waals surface area contributed by atoms with Crippen LogP contribution in [-0.2, 0) is 22.7 Å². The molecule has 0 aliphatic heterocycles. The summed E-state index contributed by atoms with van der Waals surface area (Å²) in [6, 6.07) is 15.1. The first kappa shape index (κ1) is 18.7. The number of sulfonamides is 1. The van der Waals surface area contributed by atoms with Crippen LogP contribution in [0.15, 0.2) is 65.6 Å². The van der Waals surface area contributed by atoms with Gasteiger partial charge in [-0.15, -0.1) is 0 Å². The third kappa shape index (κ3) is 3.85. The van der Waals surface area contributed by atoms with Crippen LogP contribution in [0.1, 0.15) is 11.1 Å². The van der Waals surface area contributed by atoms with Crippen molar-refractivity contribution in [3.63, 3.8) is 0 Å². The number of rotatable bonds is 4. The van der Waals surface area contributed by atoms with Crippen molar-refractivity contribution in [2.24, 2.45) is 0 Å². The fourth-order valence-corrected chi connectivity index (χ4v) is 4.06. The van der Waals surface area contributed by atoms with Crippen LogP contribution >= 0.6 is 11.6 Å². The average molecular weight is 400 g/mol. The molecule has 3 rings (SSSR count). The number of nitrogens with one attached hydrogen (secondary N) is 1. The third-order valence-corrected chi connectivity index (χ3v) is 5.63. The first-order valence-electron chi connectivity index (χ1n) is 7.51. The number of halogens is 4. The van der Waals surface area contributed by atoms with Gasteiger partial charge in [0, 0.05) is 11.9 Å². The molecule has 0 atom stereocenters. The van der Waals surface area contributed by atoms with Gasteiger partial charge >= 0.3 is 6.18 Å². The van der Waals surface area contributed by atoms with Gasteiger partial charge in [0.15, 0.2) is 0 Å². The van der Waals surface area contributed by atoms with Crippen LogP contribution in [0.2, 0.25) is 5.02 Å². The SMILES string of the molecule is O=S(=O)(NCc1ccc(Cl)c(C(F)(F)F)c1)c1cccc2ccccc12. The van der Waals surface area contributed by atoms with Crippen LogP contribution in [0.5, 0.6) is 0 Å². The molecule has 0 amide bonds. The molecule has 0 unspecified atom stereocenters. The van der Waals surface area contributed by atoms with Gasteiger partial charge in [0.1, 0.15) is 0 Å². The summed E-state index contributed by atoms with van der Waals surface area (Å²) in [4.78, 5) is 0.0700. The van der Waals surface area contributed by atoms with E-state index in [1.54, 1.807) is 36.4 Å². The number of hydrogen-bond donors (Lipinski definition) is 1. The lowest BCUT2D eigenvalue weighted by molar-refractivity contribution is -0.137. The summed E-state index contributed by atoms with van der Waals surface area (Å²) in [6.45, 7) is -0.286. The molecule has 136 valence electrons. The van der Waals surface area contributed by atoms with Crippen molar-refractivity contribution in [1.29, 1.82) is 0 Å². The largest absolute Gasteiger partial charge is 0.417 e. The van der Waals surface area contributed by atoms with Gasteiger partial charge in [-0.25, -0.2) is 13.1 Å². The van der Waals surface area contributed by atoms with E-state index in [0.717, 1.165) is 17.5 Å². The maximum absolute atomic E-state index is 12.9. The predicted molar refractivity (Wildman–Crippen MR) is 94.4 cm³/mol. The Morgan fingerprint density at radius 1 is 0.962 bits per heavy atom. The zero-order valence-corrected chi connectivity index (χ0v) is 14.8. The fourth-order valence-electron chi connectivity index (χ4n) is 2.59. The van der Waals surface area contributed by atoms with Crippen molar-refractivity contribution >= 4 is 32.4 Å². The van der Waals surface area contributed by atoms with Gasteiger partial charge in [-0.05, 0) is 29.1 Å². The highest BCUT2D eigenvalue weighted by Crippen LogP contribution is 2.35. The highest BCUT2D eigenvalue weighted by atomic mass is 35.5. The number of hydrogen-bond acceptors (Lipinski definition) is 2. The summed E-state index contributed by atoms with van der Waals surface area (Å²) < 4.78 is 66.3. The van der Waals surface area contributed by atoms with E-state index in [1.807, 2.05) is 0 Å². The van der Waals surface area contributed by atoms with E-state index in [2.05, 4.69) is 4.72 Å². The summed E-state index contributed by atoms with van der Waals surface area (Å²) in [7, 11) is -3.91. The molecule has 0 aromatic heterocycles. The molecule has 0 spiro atoms. The second-order valence-electron chi connectivity index (χ2n) is 5.61. The Morgan fingerprint density at radius 2 is 1.65 bits per heavy atom. The molecule has 0 aliphatic rings. The van der Waals surface area contributed by atoms with Crippen LogP contribution < -0.4 is 4.72 Å². The quantitative estimate of drug-likeness (QED) is 0.671. The van der Waals surface area contributed by atoms with Gasteiger partial charge in [-0.1, -0.05) is 54.1 Å². The molecule has 0 heterocycles. The Labute approximate surface area is 153 Å². The molecule has 26 heavy (non-hydrogen) atoms. The first-order chi connectivity index (χ1) is 12.2. The molecule has 8 heteroatoms. The summed E-state index contributed by atoms with van der Waals surface area (Å²) in [5.74, 6) is 0. The van der Waals surface area contributed by atoms with E-state index in [-0.39, 0.29) is 17.0 Å². The maximum atomic E-state index is 12.9. The van der Waals surface area contributed by atoms with Gasteiger partial charge < -0.3 is 0 Å². The van der Waals surface area contributed by atoms with Crippen molar-refractivity contribution in [3.05, 3.63) is 76.8 Å². The van der Waals surface area contributed by atoms with E-state index in [9.17, 15) is 21.6 Å². The zero-order chi connectivity index (χ0) is 18.9. The molecule has 3 aromatic rings. The van der Waals surface area contributed by atoms with Gasteiger partial charge in [0.25, 0.3) is 0 Å². The molecule has 1 N–H and O–H groups in total. The molecule has 0 aliphatic carbocycles. The Hall–Kier alpha value is -2.09. The Kier molecular flexibility index (Phi) is 4.96. The molecule has 3 aromatic carbocycles. The topological polar surface area (TPSA) is 46.2 Å². The van der Waals surface area contributed by atoms with E-state index >= 15 is 0 Å². The highest BCUT2D eigenvalue weighted by molar-refractivity contribution is 7.89. The van der Waals surface area contributed by atoms with Gasteiger partial charge in [-0.2, -0.15) is 13.2 Å². The van der Waals surface area contributed by atoms with Crippen LogP contribution in [0, 0.1) is 0 Å². The lowest BCUT2D eigenvalue weighted by atomic mass is 10.1. The summed E-state index contributed by atoms with van der Waals surface area (Å²) in [5.41, 5.74) is -0.841. The number of benzene rings is 3. The van der Waals surface area contributed by atoms with Crippen molar-refractivity contribution < 1.29 is 21.6 Å². The molecular formula is C18H13ClF3NO2S. The van der Waals surface area contributed by atoms with Crippen LogP contribution in [-0.4, -0.2) is 8.42 Å². The summed E-state index contributed by atoms with van der Waals surface area (Å²) in [5, 5.41) is 0.856. The lowest BCUT2D eigenvalue weighted by Crippen LogP contribution is -2.23. The van der Waals surface area contributed by atoms with Crippen LogP contribution in [0.25, 0.3) is 10.8 Å². The molecule has 0 saturated heterocycles. The standard InChI is InChI=1S/C18H13ClF3NO2S/c19-16-9-8-12(10-15(16)18(20,21)22)11-23-26(24,25)17-7-3-5-13-4-1-2-6-14(13)17/h1-10,23H,11H2. The van der Waals surface area contributed by atoms with E-state index in [4.69, 9.17) is 11.6 Å². The lowest BCUT2D eigenvalue weighted by Gasteiger charge is -2.12. The van der Waals surface area contributed by atoms with Crippen molar-refractivity contribution in [1.82, 2.24) is 4.72 Å². The van der Waals surface area contributed by atoms with Crippen LogP contribution in [0.3, 0.4) is 0 Å². The molecule has 0 saturated carbocycles. The molecule has 3 nitrogen and oxygen atoms in total. The van der Waals surface area contributed by atoms with Crippen molar-refractivity contribution in [2.45, 2.75) is 17.6 Å². The number of fused-ring (bicyclic) bond motifs is 1. The Balaban J connectivity index is 1.89. The minimum Gasteiger partial charge on any atom is -0.207 e. The Morgan fingerprint density at radius 3 is 2.38 bits per heavy atom. The smallest absolute Gasteiger partial charge is 0.207 e. The first-order valence-corrected chi connectivity index (χ1v) is 9.38.